The lowest BCUT2D eigenvalue weighted by atomic mass is 10.1. The number of alkyl halides is 6. The molecule has 0 unspecified atom stereocenters. The number of carbonyl (C=O) groups is 1. The number of nitrogens with one attached hydrogen (secondary N) is 1. The molecule has 35 heavy (non-hydrogen) atoms. The van der Waals surface area contributed by atoms with Crippen LogP contribution in [0.15, 0.2) is 66.9 Å². The van der Waals surface area contributed by atoms with Gasteiger partial charge < -0.3 is 15.2 Å². The van der Waals surface area contributed by atoms with E-state index in [1.54, 1.807) is 19.4 Å². The van der Waals surface area contributed by atoms with Crippen LogP contribution in [0.4, 0.5) is 32.0 Å². The molecule has 5 nitrogen and oxygen atoms in total. The maximum Gasteiger partial charge on any atom is 0.416 e. The summed E-state index contributed by atoms with van der Waals surface area (Å²) in [5.74, 6) is -0.534. The number of halogens is 6. The number of nitrogens with zero attached hydrogens (tertiary/aromatic N) is 1. The minimum Gasteiger partial charge on any atom is -0.481 e. The molecule has 0 aliphatic carbocycles. The first kappa shape index (κ1) is 27.5. The first-order valence-corrected chi connectivity index (χ1v) is 10.2. The van der Waals surface area contributed by atoms with E-state index in [9.17, 15) is 31.1 Å². The second-order valence-corrected chi connectivity index (χ2v) is 7.23. The third-order valence-corrected chi connectivity index (χ3v) is 4.61. The summed E-state index contributed by atoms with van der Waals surface area (Å²) in [4.78, 5) is 14.3. The Balaban J connectivity index is 0.000000269. The molecule has 0 spiro atoms. The second kappa shape index (κ2) is 12.1. The second-order valence-electron chi connectivity index (χ2n) is 7.23. The van der Waals surface area contributed by atoms with Crippen molar-refractivity contribution >= 4 is 11.7 Å². The standard InChI is InChI=1S/C15H15F3N2O.C9H7F3O2/c1-21-14-7-6-13(10-20-14)19-9-8-11-2-4-12(5-3-11)15(16,17)18;10-9(11,12)7-3-1-6(2-4-7)5-8(13)14/h2-7,10,19H,8-9H2,1H3;1-4H,5H2,(H,13,14). The van der Waals surface area contributed by atoms with E-state index in [1.807, 2.05) is 6.07 Å². The molecule has 0 amide bonds. The molecule has 0 bridgehead atoms. The number of anilines is 1. The smallest absolute Gasteiger partial charge is 0.416 e. The van der Waals surface area contributed by atoms with Crippen LogP contribution >= 0.6 is 0 Å². The van der Waals surface area contributed by atoms with Crippen molar-refractivity contribution in [1.29, 1.82) is 0 Å². The van der Waals surface area contributed by atoms with Gasteiger partial charge in [0.15, 0.2) is 0 Å². The van der Waals surface area contributed by atoms with Gasteiger partial charge in [-0.3, -0.25) is 4.79 Å². The van der Waals surface area contributed by atoms with Crippen molar-refractivity contribution in [2.24, 2.45) is 0 Å². The lowest BCUT2D eigenvalue weighted by Gasteiger charge is -2.09. The molecule has 0 atom stereocenters. The van der Waals surface area contributed by atoms with Crippen LogP contribution in [-0.4, -0.2) is 29.7 Å². The van der Waals surface area contributed by atoms with Crippen LogP contribution in [-0.2, 0) is 30.0 Å². The summed E-state index contributed by atoms with van der Waals surface area (Å²) < 4.78 is 78.4. The van der Waals surface area contributed by atoms with Crippen molar-refractivity contribution in [3.63, 3.8) is 0 Å². The number of aromatic nitrogens is 1. The maximum atomic E-state index is 12.4. The Morgan fingerprint density at radius 2 is 1.37 bits per heavy atom. The van der Waals surface area contributed by atoms with E-state index in [0.717, 1.165) is 47.6 Å². The zero-order chi connectivity index (χ0) is 26.1. The molecule has 0 saturated heterocycles. The first-order chi connectivity index (χ1) is 16.4. The predicted molar refractivity (Wildman–Crippen MR) is 117 cm³/mol. The molecular formula is C24H22F6N2O3. The minimum absolute atomic E-state index is 0.266. The van der Waals surface area contributed by atoms with Gasteiger partial charge in [0.2, 0.25) is 5.88 Å². The molecule has 0 aliphatic heterocycles. The molecule has 0 saturated carbocycles. The van der Waals surface area contributed by atoms with Gasteiger partial charge >= 0.3 is 18.3 Å². The van der Waals surface area contributed by atoms with Crippen molar-refractivity contribution in [3.8, 4) is 5.88 Å². The summed E-state index contributed by atoms with van der Waals surface area (Å²) in [6, 6.07) is 12.8. The molecule has 3 rings (SSSR count). The SMILES string of the molecule is COc1ccc(NCCc2ccc(C(F)(F)F)cc2)cn1.O=C(O)Cc1ccc(C(F)(F)F)cc1. The third kappa shape index (κ3) is 9.55. The highest BCUT2D eigenvalue weighted by molar-refractivity contribution is 5.70. The topological polar surface area (TPSA) is 71.5 Å². The fourth-order valence-electron chi connectivity index (χ4n) is 2.80. The highest BCUT2D eigenvalue weighted by atomic mass is 19.4. The van der Waals surface area contributed by atoms with Gasteiger partial charge in [0.25, 0.3) is 0 Å². The lowest BCUT2D eigenvalue weighted by Crippen LogP contribution is -2.07. The largest absolute Gasteiger partial charge is 0.481 e. The van der Waals surface area contributed by atoms with Crippen LogP contribution in [0.3, 0.4) is 0 Å². The lowest BCUT2D eigenvalue weighted by molar-refractivity contribution is -0.138. The number of carboxylic acids is 1. The Morgan fingerprint density at radius 3 is 1.77 bits per heavy atom. The van der Waals surface area contributed by atoms with E-state index in [0.29, 0.717) is 24.4 Å². The van der Waals surface area contributed by atoms with Gasteiger partial charge in [-0.1, -0.05) is 24.3 Å². The molecule has 0 radical (unpaired) electrons. The number of pyridine rings is 1. The Bertz CT molecular complexity index is 1060. The fourth-order valence-corrected chi connectivity index (χ4v) is 2.80. The molecule has 1 aromatic heterocycles. The molecule has 11 heteroatoms. The Labute approximate surface area is 197 Å². The Morgan fingerprint density at radius 1 is 0.857 bits per heavy atom. The summed E-state index contributed by atoms with van der Waals surface area (Å²) in [5, 5.41) is 11.5. The van der Waals surface area contributed by atoms with Crippen LogP contribution < -0.4 is 10.1 Å². The zero-order valence-corrected chi connectivity index (χ0v) is 18.5. The molecule has 0 fully saturated rings. The van der Waals surface area contributed by atoms with Gasteiger partial charge in [-0.05, 0) is 47.9 Å². The molecule has 2 aromatic carbocycles. The van der Waals surface area contributed by atoms with E-state index in [1.165, 1.54) is 12.1 Å². The van der Waals surface area contributed by atoms with Crippen molar-refractivity contribution in [1.82, 2.24) is 4.98 Å². The third-order valence-electron chi connectivity index (χ3n) is 4.61. The highest BCUT2D eigenvalue weighted by Crippen LogP contribution is 2.30. The van der Waals surface area contributed by atoms with Crippen molar-refractivity contribution in [2.75, 3.05) is 19.0 Å². The molecule has 3 aromatic rings. The number of rotatable bonds is 7. The summed E-state index contributed by atoms with van der Waals surface area (Å²) in [6.07, 6.45) is -6.65. The van der Waals surface area contributed by atoms with Crippen LogP contribution in [0.1, 0.15) is 22.3 Å². The van der Waals surface area contributed by atoms with Gasteiger partial charge in [0, 0.05) is 12.6 Å². The van der Waals surface area contributed by atoms with Crippen molar-refractivity contribution in [2.45, 2.75) is 25.2 Å². The number of aliphatic carboxylic acids is 1. The predicted octanol–water partition coefficient (Wildman–Crippen LogP) is 6.10. The minimum atomic E-state index is -4.37. The average Bonchev–Trinajstić information content (AvgIpc) is 2.79. The Hall–Kier alpha value is -3.76. The average molecular weight is 500 g/mol. The van der Waals surface area contributed by atoms with E-state index in [-0.39, 0.29) is 6.42 Å². The monoisotopic (exact) mass is 500 g/mol. The maximum absolute atomic E-state index is 12.4. The van der Waals surface area contributed by atoms with E-state index >= 15 is 0 Å². The van der Waals surface area contributed by atoms with E-state index in [4.69, 9.17) is 9.84 Å². The first-order valence-electron chi connectivity index (χ1n) is 10.2. The van der Waals surface area contributed by atoms with Crippen LogP contribution in [0, 0.1) is 0 Å². The van der Waals surface area contributed by atoms with Crippen LogP contribution in [0.2, 0.25) is 0 Å². The van der Waals surface area contributed by atoms with Gasteiger partial charge in [-0.2, -0.15) is 26.3 Å². The summed E-state index contributed by atoms with van der Waals surface area (Å²) in [6.45, 7) is 0.610. The number of hydrogen-bond donors (Lipinski definition) is 2. The number of methoxy groups -OCH3 is 1. The number of hydrogen-bond acceptors (Lipinski definition) is 4. The van der Waals surface area contributed by atoms with Gasteiger partial charge in [0.1, 0.15) is 0 Å². The summed E-state index contributed by atoms with van der Waals surface area (Å²) in [5.41, 5.74) is 0.635. The van der Waals surface area contributed by atoms with E-state index in [2.05, 4.69) is 10.3 Å². The molecule has 0 aliphatic rings. The van der Waals surface area contributed by atoms with Crippen LogP contribution in [0.25, 0.3) is 0 Å². The number of benzene rings is 2. The van der Waals surface area contributed by atoms with Gasteiger partial charge in [-0.15, -0.1) is 0 Å². The molecule has 188 valence electrons. The molecule has 2 N–H and O–H groups in total. The fraction of sp³-hybridized carbons (Fsp3) is 0.250. The Kier molecular flexibility index (Phi) is 9.50. The van der Waals surface area contributed by atoms with Crippen LogP contribution in [0.5, 0.6) is 5.88 Å². The molecular weight excluding hydrogens is 478 g/mol. The van der Waals surface area contributed by atoms with Gasteiger partial charge in [-0.25, -0.2) is 4.98 Å². The number of ether oxygens (including phenoxy) is 1. The molecule has 1 heterocycles. The highest BCUT2D eigenvalue weighted by Gasteiger charge is 2.30. The van der Waals surface area contributed by atoms with Gasteiger partial charge in [0.05, 0.1) is 36.5 Å². The van der Waals surface area contributed by atoms with Crippen molar-refractivity contribution < 1.29 is 41.0 Å². The number of carboxylic acid groups (broad SMARTS) is 1. The van der Waals surface area contributed by atoms with E-state index < -0.39 is 29.4 Å². The summed E-state index contributed by atoms with van der Waals surface area (Å²) >= 11 is 0. The quantitative estimate of drug-likeness (QED) is 0.384. The zero-order valence-electron chi connectivity index (χ0n) is 18.5. The van der Waals surface area contributed by atoms with Crippen molar-refractivity contribution in [3.05, 3.63) is 89.1 Å². The summed E-state index contributed by atoms with van der Waals surface area (Å²) in [7, 11) is 1.54. The normalized spacial score (nSPS) is 11.3.